The van der Waals surface area contributed by atoms with Crippen molar-refractivity contribution >= 4 is 16.9 Å². The fourth-order valence-electron chi connectivity index (χ4n) is 4.69. The van der Waals surface area contributed by atoms with Crippen molar-refractivity contribution in [1.29, 1.82) is 0 Å². The first-order valence-electron chi connectivity index (χ1n) is 12.1. The summed E-state index contributed by atoms with van der Waals surface area (Å²) in [7, 11) is 9.50. The predicted octanol–water partition coefficient (Wildman–Crippen LogP) is 2.40. The first kappa shape index (κ1) is 27.3. The van der Waals surface area contributed by atoms with Crippen molar-refractivity contribution in [2.75, 3.05) is 42.7 Å². The van der Waals surface area contributed by atoms with Gasteiger partial charge >= 0.3 is 0 Å². The summed E-state index contributed by atoms with van der Waals surface area (Å²) in [5, 5.41) is 1.23. The number of methoxy groups -OCH3 is 6. The first-order valence-corrected chi connectivity index (χ1v) is 12.1. The Labute approximate surface area is 227 Å². The highest BCUT2D eigenvalue weighted by Gasteiger charge is 2.27. The lowest BCUT2D eigenvalue weighted by molar-refractivity contribution is -0.295. The van der Waals surface area contributed by atoms with Crippen LogP contribution in [0, 0.1) is 0 Å². The van der Waals surface area contributed by atoms with Gasteiger partial charge in [0.1, 0.15) is 40.2 Å². The van der Waals surface area contributed by atoms with Gasteiger partial charge in [0.25, 0.3) is 0 Å². The van der Waals surface area contributed by atoms with Crippen molar-refractivity contribution in [3.8, 4) is 34.5 Å². The molecule has 3 aromatic rings. The van der Waals surface area contributed by atoms with Gasteiger partial charge in [-0.15, -0.1) is 0 Å². The Kier molecular flexibility index (Phi) is 8.27. The molecule has 3 aromatic carbocycles. The van der Waals surface area contributed by atoms with Gasteiger partial charge in [0.2, 0.25) is 0 Å². The zero-order chi connectivity index (χ0) is 28.1. The van der Waals surface area contributed by atoms with Crippen molar-refractivity contribution in [2.45, 2.75) is 0 Å². The number of hydrogen-bond acceptors (Lipinski definition) is 7. The van der Waals surface area contributed by atoms with Crippen LogP contribution in [0.1, 0.15) is 11.1 Å². The summed E-state index contributed by atoms with van der Waals surface area (Å²) in [6.07, 6.45) is 5.04. The number of rotatable bonds is 8. The zero-order valence-corrected chi connectivity index (χ0v) is 22.9. The Hall–Kier alpha value is -4.69. The van der Waals surface area contributed by atoms with Crippen LogP contribution < -0.4 is 44.6 Å². The average molecular weight is 531 g/mol. The van der Waals surface area contributed by atoms with E-state index in [1.165, 1.54) is 6.08 Å². The minimum atomic E-state index is -0.152. The summed E-state index contributed by atoms with van der Waals surface area (Å²) >= 11 is 0. The molecule has 0 saturated carbocycles. The van der Waals surface area contributed by atoms with Crippen molar-refractivity contribution in [2.24, 2.45) is 0 Å². The molecule has 1 aliphatic carbocycles. The van der Waals surface area contributed by atoms with E-state index in [1.807, 2.05) is 36.4 Å². The van der Waals surface area contributed by atoms with Gasteiger partial charge in [-0.1, -0.05) is 12.1 Å². The summed E-state index contributed by atoms with van der Waals surface area (Å²) in [5.74, 6) is 2.98. The second kappa shape index (κ2) is 11.8. The molecule has 0 aromatic heterocycles. The van der Waals surface area contributed by atoms with Crippen LogP contribution in [0.25, 0.3) is 11.1 Å². The molecule has 0 unspecified atom stereocenters. The lowest BCUT2D eigenvalue weighted by Gasteiger charge is -2.22. The summed E-state index contributed by atoms with van der Waals surface area (Å²) < 4.78 is 35.2. The van der Waals surface area contributed by atoms with Crippen molar-refractivity contribution < 1.29 is 38.9 Å². The Morgan fingerprint density at radius 1 is 0.615 bits per heavy atom. The number of carbonyl (C=O) groups is 1. The number of allylic oxidation sites excluding steroid dienone is 3. The quantitative estimate of drug-likeness (QED) is 0.478. The lowest BCUT2D eigenvalue weighted by atomic mass is 9.91. The van der Waals surface area contributed by atoms with Crippen molar-refractivity contribution in [1.82, 2.24) is 0 Å². The van der Waals surface area contributed by atoms with Crippen LogP contribution in [-0.4, -0.2) is 48.4 Å². The Bertz CT molecular complexity index is 1470. The largest absolute Gasteiger partial charge is 0.496 e. The number of quaternary nitrogens is 1. The molecule has 0 heterocycles. The predicted molar refractivity (Wildman–Crippen MR) is 148 cm³/mol. The second-order valence-electron chi connectivity index (χ2n) is 8.54. The highest BCUT2D eigenvalue weighted by Crippen LogP contribution is 2.44. The third-order valence-electron chi connectivity index (χ3n) is 6.47. The Balaban J connectivity index is 2.32. The molecule has 39 heavy (non-hydrogen) atoms. The normalized spacial score (nSPS) is 12.5. The van der Waals surface area contributed by atoms with E-state index < -0.39 is 0 Å². The SMILES string of the molecule is COc1cccc(OC)c1C(c1c(OC)cccc1OC)=c1c(OC)cc(=C2C=CC([NH3+])=CC2=O)cc1OC. The summed E-state index contributed by atoms with van der Waals surface area (Å²) in [6.45, 7) is 0. The van der Waals surface area contributed by atoms with Crippen LogP contribution in [0.2, 0.25) is 0 Å². The van der Waals surface area contributed by atoms with E-state index in [2.05, 4.69) is 5.73 Å². The molecule has 0 amide bonds. The first-order chi connectivity index (χ1) is 18.9. The molecule has 1 aliphatic rings. The van der Waals surface area contributed by atoms with E-state index >= 15 is 0 Å². The summed E-state index contributed by atoms with van der Waals surface area (Å²) in [6, 6.07) is 14.7. The van der Waals surface area contributed by atoms with E-state index in [1.54, 1.807) is 66.9 Å². The number of ketones is 1. The van der Waals surface area contributed by atoms with Gasteiger partial charge in [0, 0.05) is 17.2 Å². The molecule has 202 valence electrons. The van der Waals surface area contributed by atoms with E-state index in [-0.39, 0.29) is 5.78 Å². The van der Waals surface area contributed by atoms with Crippen LogP contribution in [0.4, 0.5) is 0 Å². The molecule has 3 N–H and O–H groups in total. The van der Waals surface area contributed by atoms with Gasteiger partial charge in [-0.3, -0.25) is 4.79 Å². The fraction of sp³-hybridized carbons (Fsp3) is 0.194. The molecule has 0 bridgehead atoms. The van der Waals surface area contributed by atoms with Gasteiger partial charge in [0.15, 0.2) is 5.78 Å². The highest BCUT2D eigenvalue weighted by molar-refractivity contribution is 6.25. The van der Waals surface area contributed by atoms with E-state index in [4.69, 9.17) is 28.4 Å². The maximum Gasteiger partial charge on any atom is 0.192 e. The third kappa shape index (κ3) is 5.06. The topological polar surface area (TPSA) is 100 Å². The van der Waals surface area contributed by atoms with Gasteiger partial charge in [0.05, 0.1) is 59.0 Å². The molecule has 0 saturated heterocycles. The smallest absolute Gasteiger partial charge is 0.192 e. The molecule has 0 aliphatic heterocycles. The Morgan fingerprint density at radius 3 is 1.38 bits per heavy atom. The van der Waals surface area contributed by atoms with Crippen LogP contribution in [0.5, 0.6) is 34.5 Å². The maximum atomic E-state index is 12.8. The standard InChI is InChI=1S/C31H31NO7/c1-34-22-9-7-10-23(35-2)28(22)31(29-24(36-3)11-8-12-25(29)37-4)30-26(38-5)15-18(16-27(30)39-6)20-14-13-19(32)17-21(20)33/h7-17H,32H2,1-6H3/p+1. The molecule has 8 heteroatoms. The lowest BCUT2D eigenvalue weighted by Crippen LogP contribution is -2.47. The van der Waals surface area contributed by atoms with Gasteiger partial charge < -0.3 is 34.2 Å². The molecule has 0 spiro atoms. The summed E-state index contributed by atoms with van der Waals surface area (Å²) in [4.78, 5) is 12.8. The monoisotopic (exact) mass is 530 g/mol. The third-order valence-corrected chi connectivity index (χ3v) is 6.47. The number of carbonyl (C=O) groups excluding carboxylic acids is 1. The fourth-order valence-corrected chi connectivity index (χ4v) is 4.69. The number of hydrogen-bond donors (Lipinski definition) is 1. The van der Waals surface area contributed by atoms with Crippen molar-refractivity contribution in [3.63, 3.8) is 0 Å². The molecule has 0 radical (unpaired) electrons. The Morgan fingerprint density at radius 2 is 1.03 bits per heavy atom. The van der Waals surface area contributed by atoms with Crippen LogP contribution in [0.3, 0.4) is 0 Å². The molecule has 0 atom stereocenters. The van der Waals surface area contributed by atoms with Gasteiger partial charge in [-0.2, -0.15) is 0 Å². The molecular formula is C31H32NO7+. The summed E-state index contributed by atoms with van der Waals surface area (Å²) in [5.41, 5.74) is 6.90. The molecule has 0 fully saturated rings. The minimum Gasteiger partial charge on any atom is -0.496 e. The molecule has 8 nitrogen and oxygen atoms in total. The number of benzene rings is 3. The maximum absolute atomic E-state index is 12.8. The number of ether oxygens (including phenoxy) is 6. The minimum absolute atomic E-state index is 0.152. The van der Waals surface area contributed by atoms with E-state index in [9.17, 15) is 4.79 Å². The molecular weight excluding hydrogens is 498 g/mol. The van der Waals surface area contributed by atoms with Crippen LogP contribution in [0.15, 0.2) is 72.5 Å². The van der Waals surface area contributed by atoms with Crippen molar-refractivity contribution in [3.05, 3.63) is 94.0 Å². The van der Waals surface area contributed by atoms with Crippen LogP contribution >= 0.6 is 0 Å². The average Bonchev–Trinajstić information content (AvgIpc) is 2.97. The van der Waals surface area contributed by atoms with E-state index in [0.29, 0.717) is 72.9 Å². The highest BCUT2D eigenvalue weighted by atomic mass is 16.5. The van der Waals surface area contributed by atoms with Gasteiger partial charge in [-0.25, -0.2) is 0 Å². The zero-order valence-electron chi connectivity index (χ0n) is 22.9. The molecule has 4 rings (SSSR count). The second-order valence-corrected chi connectivity index (χ2v) is 8.54. The van der Waals surface area contributed by atoms with Crippen LogP contribution in [-0.2, 0) is 4.79 Å². The van der Waals surface area contributed by atoms with E-state index in [0.717, 1.165) is 0 Å². The van der Waals surface area contributed by atoms with Gasteiger partial charge in [-0.05, 0) is 53.8 Å².